The molecule has 4 heteroatoms. The average Bonchev–Trinajstić information content (AvgIpc) is 2.74. The molecule has 0 saturated heterocycles. The van der Waals surface area contributed by atoms with Crippen molar-refractivity contribution in [3.63, 3.8) is 0 Å². The molecule has 1 unspecified atom stereocenters. The minimum absolute atomic E-state index is 0.153. The lowest BCUT2D eigenvalue weighted by Crippen LogP contribution is -2.08. The molecule has 0 saturated carbocycles. The molecule has 0 spiro atoms. The molecule has 0 aliphatic heterocycles. The highest BCUT2D eigenvalue weighted by molar-refractivity contribution is 5.87. The minimum atomic E-state index is -0.900. The number of aromatic nitrogens is 2. The molecule has 88 valence electrons. The van der Waals surface area contributed by atoms with Crippen molar-refractivity contribution in [2.24, 2.45) is 0 Å². The topological polar surface area (TPSA) is 55.1 Å². The number of carbonyl (C=O) groups is 1. The summed E-state index contributed by atoms with van der Waals surface area (Å²) >= 11 is 0. The molecule has 1 N–H and O–H groups in total. The van der Waals surface area contributed by atoms with Gasteiger partial charge in [-0.3, -0.25) is 0 Å². The Labute approximate surface area is 99.5 Å². The van der Waals surface area contributed by atoms with E-state index < -0.39 is 5.97 Å². The summed E-state index contributed by atoms with van der Waals surface area (Å²) in [6.07, 6.45) is 3.68. The minimum Gasteiger partial charge on any atom is -0.478 e. The number of imidazole rings is 1. The SMILES string of the molecule is Cc1nccn1C(C)c1ccc(C(=O)O)cc1. The van der Waals surface area contributed by atoms with Crippen LogP contribution in [0.2, 0.25) is 0 Å². The lowest BCUT2D eigenvalue weighted by molar-refractivity contribution is 0.0697. The first-order valence-electron chi connectivity index (χ1n) is 5.42. The van der Waals surface area contributed by atoms with Gasteiger partial charge in [0.2, 0.25) is 0 Å². The number of carboxylic acid groups (broad SMARTS) is 1. The standard InChI is InChI=1S/C13H14N2O2/c1-9(15-8-7-14-10(15)2)11-3-5-12(6-4-11)13(16)17/h3-9H,1-2H3,(H,16,17). The van der Waals surface area contributed by atoms with E-state index in [4.69, 9.17) is 5.11 Å². The first kappa shape index (κ1) is 11.4. The van der Waals surface area contributed by atoms with Gasteiger partial charge in [-0.1, -0.05) is 12.1 Å². The monoisotopic (exact) mass is 230 g/mol. The van der Waals surface area contributed by atoms with E-state index in [1.54, 1.807) is 18.3 Å². The Balaban J connectivity index is 2.29. The third-order valence-electron chi connectivity index (χ3n) is 2.92. The summed E-state index contributed by atoms with van der Waals surface area (Å²) in [5.74, 6) is 0.0443. The molecule has 2 rings (SSSR count). The summed E-state index contributed by atoms with van der Waals surface area (Å²) in [5, 5.41) is 8.83. The Kier molecular flexibility index (Phi) is 2.95. The number of hydrogen-bond acceptors (Lipinski definition) is 2. The maximum Gasteiger partial charge on any atom is 0.335 e. The zero-order valence-electron chi connectivity index (χ0n) is 9.79. The Hall–Kier alpha value is -2.10. The van der Waals surface area contributed by atoms with Gasteiger partial charge in [0, 0.05) is 12.4 Å². The Morgan fingerprint density at radius 2 is 2.00 bits per heavy atom. The first-order valence-corrected chi connectivity index (χ1v) is 5.42. The van der Waals surface area contributed by atoms with Crippen molar-refractivity contribution in [3.8, 4) is 0 Å². The molecule has 0 radical (unpaired) electrons. The van der Waals surface area contributed by atoms with E-state index in [1.165, 1.54) is 0 Å². The van der Waals surface area contributed by atoms with E-state index in [0.717, 1.165) is 11.4 Å². The van der Waals surface area contributed by atoms with Crippen LogP contribution in [0.1, 0.15) is 34.7 Å². The van der Waals surface area contributed by atoms with Gasteiger partial charge in [-0.05, 0) is 31.5 Å². The Morgan fingerprint density at radius 3 is 2.47 bits per heavy atom. The van der Waals surface area contributed by atoms with Crippen LogP contribution in [0.5, 0.6) is 0 Å². The van der Waals surface area contributed by atoms with Crippen LogP contribution in [0, 0.1) is 6.92 Å². The van der Waals surface area contributed by atoms with Crippen LogP contribution in [0.3, 0.4) is 0 Å². The fourth-order valence-electron chi connectivity index (χ4n) is 1.86. The predicted octanol–water partition coefficient (Wildman–Crippen LogP) is 2.50. The number of aromatic carboxylic acids is 1. The molecule has 1 heterocycles. The second-order valence-electron chi connectivity index (χ2n) is 3.98. The molecule has 1 aromatic heterocycles. The molecule has 17 heavy (non-hydrogen) atoms. The van der Waals surface area contributed by atoms with Crippen molar-refractivity contribution in [1.82, 2.24) is 9.55 Å². The first-order chi connectivity index (χ1) is 8.09. The summed E-state index contributed by atoms with van der Waals surface area (Å²) in [6, 6.07) is 7.09. The molecule has 0 aliphatic carbocycles. The van der Waals surface area contributed by atoms with Gasteiger partial charge in [0.1, 0.15) is 5.82 Å². The Bertz CT molecular complexity index is 529. The van der Waals surface area contributed by atoms with Gasteiger partial charge in [0.05, 0.1) is 11.6 Å². The molecule has 1 atom stereocenters. The summed E-state index contributed by atoms with van der Waals surface area (Å²) < 4.78 is 2.05. The lowest BCUT2D eigenvalue weighted by atomic mass is 10.1. The molecule has 0 amide bonds. The van der Waals surface area contributed by atoms with Gasteiger partial charge in [0.25, 0.3) is 0 Å². The smallest absolute Gasteiger partial charge is 0.335 e. The molecule has 1 aromatic carbocycles. The summed E-state index contributed by atoms with van der Waals surface area (Å²) in [7, 11) is 0. The number of aryl methyl sites for hydroxylation is 1. The van der Waals surface area contributed by atoms with Gasteiger partial charge in [-0.25, -0.2) is 9.78 Å². The van der Waals surface area contributed by atoms with Crippen molar-refractivity contribution >= 4 is 5.97 Å². The fraction of sp³-hybridized carbons (Fsp3) is 0.231. The molecular weight excluding hydrogens is 216 g/mol. The zero-order chi connectivity index (χ0) is 12.4. The van der Waals surface area contributed by atoms with E-state index in [9.17, 15) is 4.79 Å². The van der Waals surface area contributed by atoms with E-state index >= 15 is 0 Å². The average molecular weight is 230 g/mol. The van der Waals surface area contributed by atoms with Gasteiger partial charge in [0.15, 0.2) is 0 Å². The van der Waals surface area contributed by atoms with Crippen molar-refractivity contribution < 1.29 is 9.90 Å². The maximum atomic E-state index is 10.7. The molecule has 0 bridgehead atoms. The third kappa shape index (κ3) is 2.20. The highest BCUT2D eigenvalue weighted by Crippen LogP contribution is 2.19. The third-order valence-corrected chi connectivity index (χ3v) is 2.92. The highest BCUT2D eigenvalue weighted by Gasteiger charge is 2.10. The fourth-order valence-corrected chi connectivity index (χ4v) is 1.86. The number of rotatable bonds is 3. The van der Waals surface area contributed by atoms with E-state index in [-0.39, 0.29) is 6.04 Å². The largest absolute Gasteiger partial charge is 0.478 e. The van der Waals surface area contributed by atoms with Crippen molar-refractivity contribution in [3.05, 3.63) is 53.6 Å². The number of nitrogens with zero attached hydrogens (tertiary/aromatic N) is 2. The summed E-state index contributed by atoms with van der Waals surface area (Å²) in [6.45, 7) is 4.01. The van der Waals surface area contributed by atoms with Crippen LogP contribution in [0.4, 0.5) is 0 Å². The van der Waals surface area contributed by atoms with Crippen LogP contribution in [-0.2, 0) is 0 Å². The predicted molar refractivity (Wildman–Crippen MR) is 64.2 cm³/mol. The van der Waals surface area contributed by atoms with Crippen molar-refractivity contribution in [2.75, 3.05) is 0 Å². The second-order valence-corrected chi connectivity index (χ2v) is 3.98. The van der Waals surface area contributed by atoms with E-state index in [0.29, 0.717) is 5.56 Å². The molecular formula is C13H14N2O2. The highest BCUT2D eigenvalue weighted by atomic mass is 16.4. The number of hydrogen-bond donors (Lipinski definition) is 1. The van der Waals surface area contributed by atoms with Crippen LogP contribution in [0.25, 0.3) is 0 Å². The van der Waals surface area contributed by atoms with E-state index in [2.05, 4.69) is 16.5 Å². The summed E-state index contributed by atoms with van der Waals surface area (Å²) in [4.78, 5) is 14.9. The molecule has 4 nitrogen and oxygen atoms in total. The van der Waals surface area contributed by atoms with Crippen molar-refractivity contribution in [1.29, 1.82) is 0 Å². The van der Waals surface area contributed by atoms with Crippen molar-refractivity contribution in [2.45, 2.75) is 19.9 Å². The maximum absolute atomic E-state index is 10.7. The number of benzene rings is 1. The van der Waals surface area contributed by atoms with Gasteiger partial charge in [-0.15, -0.1) is 0 Å². The van der Waals surface area contributed by atoms with Crippen LogP contribution in [-0.4, -0.2) is 20.6 Å². The van der Waals surface area contributed by atoms with Gasteiger partial charge >= 0.3 is 5.97 Å². The van der Waals surface area contributed by atoms with Crippen LogP contribution < -0.4 is 0 Å². The molecule has 2 aromatic rings. The second kappa shape index (κ2) is 4.41. The van der Waals surface area contributed by atoms with Gasteiger partial charge < -0.3 is 9.67 Å². The number of carboxylic acids is 1. The quantitative estimate of drug-likeness (QED) is 0.881. The van der Waals surface area contributed by atoms with Crippen LogP contribution >= 0.6 is 0 Å². The van der Waals surface area contributed by atoms with Gasteiger partial charge in [-0.2, -0.15) is 0 Å². The summed E-state index contributed by atoms with van der Waals surface area (Å²) in [5.41, 5.74) is 1.37. The normalized spacial score (nSPS) is 12.4. The van der Waals surface area contributed by atoms with E-state index in [1.807, 2.05) is 25.3 Å². The van der Waals surface area contributed by atoms with Crippen LogP contribution in [0.15, 0.2) is 36.7 Å². The lowest BCUT2D eigenvalue weighted by Gasteiger charge is -2.15. The molecule has 0 aliphatic rings. The zero-order valence-corrected chi connectivity index (χ0v) is 9.79. The Morgan fingerprint density at radius 1 is 1.35 bits per heavy atom. The molecule has 0 fully saturated rings.